The van der Waals surface area contributed by atoms with Gasteiger partial charge in [-0.15, -0.1) is 0 Å². The summed E-state index contributed by atoms with van der Waals surface area (Å²) in [5.74, 6) is 0.744. The molecule has 0 radical (unpaired) electrons. The largest absolute Gasteiger partial charge is 0.494 e. The summed E-state index contributed by atoms with van der Waals surface area (Å²) in [6.45, 7) is 8.00. The van der Waals surface area contributed by atoms with E-state index in [0.717, 1.165) is 25.0 Å². The standard InChI is InChI=1S/C23H34O5/c1-3-5-6-7-10-23-27-17-20(18-28-23)19-11-13-21(14-12-19)25-15-8-9-16-26-22(24)4-2/h4,11-14,20,23H,2-3,5-10,15-18H2,1H3. The maximum atomic E-state index is 10.9. The fourth-order valence-corrected chi connectivity index (χ4v) is 3.10. The molecule has 0 N–H and O–H groups in total. The Hall–Kier alpha value is -1.85. The molecule has 0 bridgehead atoms. The second-order valence-corrected chi connectivity index (χ2v) is 7.14. The molecule has 0 aliphatic carbocycles. The highest BCUT2D eigenvalue weighted by atomic mass is 16.7. The van der Waals surface area contributed by atoms with E-state index in [1.54, 1.807) is 0 Å². The molecular weight excluding hydrogens is 356 g/mol. The van der Waals surface area contributed by atoms with Gasteiger partial charge in [0.1, 0.15) is 5.75 Å². The normalized spacial score (nSPS) is 19.2. The Balaban J connectivity index is 1.61. The van der Waals surface area contributed by atoms with Crippen molar-refractivity contribution in [3.05, 3.63) is 42.5 Å². The van der Waals surface area contributed by atoms with E-state index < -0.39 is 0 Å². The average Bonchev–Trinajstić information content (AvgIpc) is 2.74. The van der Waals surface area contributed by atoms with E-state index in [4.69, 9.17) is 18.9 Å². The van der Waals surface area contributed by atoms with Crippen molar-refractivity contribution in [1.82, 2.24) is 0 Å². The summed E-state index contributed by atoms with van der Waals surface area (Å²) in [5.41, 5.74) is 1.22. The van der Waals surface area contributed by atoms with E-state index in [2.05, 4.69) is 25.6 Å². The van der Waals surface area contributed by atoms with E-state index in [1.807, 2.05) is 12.1 Å². The van der Waals surface area contributed by atoms with Crippen LogP contribution in [0.3, 0.4) is 0 Å². The lowest BCUT2D eigenvalue weighted by Crippen LogP contribution is -2.30. The Morgan fingerprint density at radius 2 is 1.79 bits per heavy atom. The first-order chi connectivity index (χ1) is 13.7. The van der Waals surface area contributed by atoms with Gasteiger partial charge in [0.15, 0.2) is 6.29 Å². The van der Waals surface area contributed by atoms with Crippen LogP contribution in [0.5, 0.6) is 5.75 Å². The lowest BCUT2D eigenvalue weighted by molar-refractivity contribution is -0.190. The number of ether oxygens (including phenoxy) is 4. The molecule has 156 valence electrons. The van der Waals surface area contributed by atoms with E-state index in [1.165, 1.54) is 37.3 Å². The van der Waals surface area contributed by atoms with Gasteiger partial charge in [0.25, 0.3) is 0 Å². The van der Waals surface area contributed by atoms with Crippen LogP contribution in [0.25, 0.3) is 0 Å². The number of unbranched alkanes of at least 4 members (excludes halogenated alkanes) is 4. The van der Waals surface area contributed by atoms with Crippen molar-refractivity contribution in [2.45, 2.75) is 64.1 Å². The van der Waals surface area contributed by atoms with Crippen molar-refractivity contribution >= 4 is 5.97 Å². The topological polar surface area (TPSA) is 54.0 Å². The summed E-state index contributed by atoms with van der Waals surface area (Å²) in [6, 6.07) is 8.15. The van der Waals surface area contributed by atoms with Gasteiger partial charge in [0.05, 0.1) is 26.4 Å². The van der Waals surface area contributed by atoms with Crippen molar-refractivity contribution in [1.29, 1.82) is 0 Å². The number of hydrogen-bond donors (Lipinski definition) is 0. The molecule has 0 unspecified atom stereocenters. The average molecular weight is 391 g/mol. The second-order valence-electron chi connectivity index (χ2n) is 7.14. The third-order valence-electron chi connectivity index (χ3n) is 4.83. The number of rotatable bonds is 13. The highest BCUT2D eigenvalue weighted by Crippen LogP contribution is 2.26. The Kier molecular flexibility index (Phi) is 10.7. The maximum Gasteiger partial charge on any atom is 0.330 e. The van der Waals surface area contributed by atoms with Gasteiger partial charge < -0.3 is 18.9 Å². The molecule has 0 spiro atoms. The van der Waals surface area contributed by atoms with Crippen LogP contribution < -0.4 is 4.74 Å². The van der Waals surface area contributed by atoms with Crippen LogP contribution in [0.4, 0.5) is 0 Å². The Labute approximate surface area is 169 Å². The molecule has 5 nitrogen and oxygen atoms in total. The third-order valence-corrected chi connectivity index (χ3v) is 4.83. The molecule has 1 saturated heterocycles. The summed E-state index contributed by atoms with van der Waals surface area (Å²) in [6.07, 6.45) is 8.69. The third kappa shape index (κ3) is 8.44. The molecular formula is C23H34O5. The molecule has 1 fully saturated rings. The molecule has 5 heteroatoms. The molecule has 0 saturated carbocycles. The molecule has 1 aromatic carbocycles. The molecule has 1 heterocycles. The van der Waals surface area contributed by atoms with Crippen LogP contribution in [-0.4, -0.2) is 38.7 Å². The lowest BCUT2D eigenvalue weighted by Gasteiger charge is -2.29. The van der Waals surface area contributed by atoms with E-state index in [0.29, 0.717) is 26.4 Å². The molecule has 28 heavy (non-hydrogen) atoms. The summed E-state index contributed by atoms with van der Waals surface area (Å²) in [5, 5.41) is 0. The molecule has 0 aromatic heterocycles. The zero-order valence-corrected chi connectivity index (χ0v) is 17.1. The van der Waals surface area contributed by atoms with Gasteiger partial charge in [-0.1, -0.05) is 44.9 Å². The van der Waals surface area contributed by atoms with Gasteiger partial charge in [-0.2, -0.15) is 0 Å². The van der Waals surface area contributed by atoms with Gasteiger partial charge >= 0.3 is 5.97 Å². The van der Waals surface area contributed by atoms with E-state index >= 15 is 0 Å². The molecule has 1 aromatic rings. The SMILES string of the molecule is C=CC(=O)OCCCCOc1ccc(C2COC(CCCCCC)OC2)cc1. The fourth-order valence-electron chi connectivity index (χ4n) is 3.10. The van der Waals surface area contributed by atoms with Crippen molar-refractivity contribution in [3.63, 3.8) is 0 Å². The zero-order chi connectivity index (χ0) is 20.0. The quantitative estimate of drug-likeness (QED) is 0.269. The summed E-state index contributed by atoms with van der Waals surface area (Å²) in [7, 11) is 0. The van der Waals surface area contributed by atoms with Gasteiger partial charge in [-0.05, 0) is 43.4 Å². The molecule has 1 aliphatic rings. The second kappa shape index (κ2) is 13.3. The Morgan fingerprint density at radius 3 is 2.46 bits per heavy atom. The van der Waals surface area contributed by atoms with Crippen LogP contribution in [0.15, 0.2) is 36.9 Å². The fraction of sp³-hybridized carbons (Fsp3) is 0.609. The monoisotopic (exact) mass is 390 g/mol. The first-order valence-corrected chi connectivity index (χ1v) is 10.5. The van der Waals surface area contributed by atoms with Crippen LogP contribution >= 0.6 is 0 Å². The van der Waals surface area contributed by atoms with E-state index in [9.17, 15) is 4.79 Å². The lowest BCUT2D eigenvalue weighted by atomic mass is 10.00. The van der Waals surface area contributed by atoms with Gasteiger partial charge in [0, 0.05) is 12.0 Å². The van der Waals surface area contributed by atoms with E-state index in [-0.39, 0.29) is 18.2 Å². The van der Waals surface area contributed by atoms with Crippen molar-refractivity contribution in [2.75, 3.05) is 26.4 Å². The van der Waals surface area contributed by atoms with Crippen LogP contribution in [0, 0.1) is 0 Å². The summed E-state index contributed by atoms with van der Waals surface area (Å²) < 4.78 is 22.4. The Bertz CT molecular complexity index is 561. The Morgan fingerprint density at radius 1 is 1.07 bits per heavy atom. The minimum atomic E-state index is -0.380. The molecule has 1 aliphatic heterocycles. The summed E-state index contributed by atoms with van der Waals surface area (Å²) in [4.78, 5) is 10.9. The maximum absolute atomic E-state index is 10.9. The molecule has 2 rings (SSSR count). The highest BCUT2D eigenvalue weighted by molar-refractivity contribution is 5.81. The predicted molar refractivity (Wildman–Crippen MR) is 110 cm³/mol. The molecule has 0 atom stereocenters. The number of benzene rings is 1. The van der Waals surface area contributed by atoms with Gasteiger partial charge in [-0.25, -0.2) is 4.79 Å². The van der Waals surface area contributed by atoms with Gasteiger partial charge in [0.2, 0.25) is 0 Å². The number of hydrogen-bond acceptors (Lipinski definition) is 5. The van der Waals surface area contributed by atoms with Crippen molar-refractivity contribution in [2.24, 2.45) is 0 Å². The number of carbonyl (C=O) groups is 1. The first-order valence-electron chi connectivity index (χ1n) is 10.5. The van der Waals surface area contributed by atoms with Crippen LogP contribution in [0.2, 0.25) is 0 Å². The van der Waals surface area contributed by atoms with Crippen molar-refractivity contribution < 1.29 is 23.7 Å². The predicted octanol–water partition coefficient (Wildman–Crippen LogP) is 5.00. The van der Waals surface area contributed by atoms with Crippen LogP contribution in [0.1, 0.15) is 63.4 Å². The highest BCUT2D eigenvalue weighted by Gasteiger charge is 2.23. The first kappa shape index (κ1) is 22.4. The number of carbonyl (C=O) groups excluding carboxylic acids is 1. The minimum absolute atomic E-state index is 0.0403. The number of esters is 1. The van der Waals surface area contributed by atoms with Gasteiger partial charge in [-0.3, -0.25) is 0 Å². The smallest absolute Gasteiger partial charge is 0.330 e. The summed E-state index contributed by atoms with van der Waals surface area (Å²) >= 11 is 0. The van der Waals surface area contributed by atoms with Crippen LogP contribution in [-0.2, 0) is 19.0 Å². The molecule has 0 amide bonds. The zero-order valence-electron chi connectivity index (χ0n) is 17.1. The minimum Gasteiger partial charge on any atom is -0.494 e. The van der Waals surface area contributed by atoms with Crippen molar-refractivity contribution in [3.8, 4) is 5.75 Å².